The Labute approximate surface area is 149 Å². The molecule has 0 unspecified atom stereocenters. The van der Waals surface area contributed by atoms with Crippen molar-refractivity contribution in [3.8, 4) is 0 Å². The molecule has 5 nitrogen and oxygen atoms in total. The minimum Gasteiger partial charge on any atom is -0.335 e. The van der Waals surface area contributed by atoms with E-state index in [9.17, 15) is 9.59 Å². The first-order valence-corrected chi connectivity index (χ1v) is 9.45. The fourth-order valence-corrected chi connectivity index (χ4v) is 3.52. The topological polar surface area (TPSA) is 47.2 Å². The molecule has 1 aromatic heterocycles. The summed E-state index contributed by atoms with van der Waals surface area (Å²) in [5, 5.41) is 0. The molecule has 0 spiro atoms. The van der Waals surface area contributed by atoms with Gasteiger partial charge in [0, 0.05) is 18.6 Å². The Morgan fingerprint density at radius 3 is 2.28 bits per heavy atom. The number of benzene rings is 1. The number of amides is 1. The minimum absolute atomic E-state index is 0.0604. The Balaban J connectivity index is 1.95. The maximum absolute atomic E-state index is 13.1. The average Bonchev–Trinajstić information content (AvgIpc) is 3.38. The van der Waals surface area contributed by atoms with Gasteiger partial charge < -0.3 is 4.90 Å². The van der Waals surface area contributed by atoms with Crippen LogP contribution < -0.4 is 5.69 Å². The zero-order valence-corrected chi connectivity index (χ0v) is 15.7. The number of aryl methyl sites for hydroxylation is 1. The monoisotopic (exact) mass is 343 g/mol. The number of imidazole rings is 1. The normalized spacial score (nSPS) is 15.7. The molecule has 5 heteroatoms. The number of rotatable bonds is 7. The van der Waals surface area contributed by atoms with Gasteiger partial charge in [-0.15, -0.1) is 0 Å². The van der Waals surface area contributed by atoms with Crippen molar-refractivity contribution in [3.63, 3.8) is 0 Å². The first-order valence-electron chi connectivity index (χ1n) is 9.45. The summed E-state index contributed by atoms with van der Waals surface area (Å²) in [7, 11) is 0. The molecule has 0 aliphatic heterocycles. The number of aromatic nitrogens is 2. The number of fused-ring (bicyclic) bond motifs is 1. The van der Waals surface area contributed by atoms with E-state index in [0.29, 0.717) is 18.5 Å². The van der Waals surface area contributed by atoms with E-state index in [1.54, 1.807) is 9.13 Å². The maximum atomic E-state index is 13.1. The van der Waals surface area contributed by atoms with Crippen LogP contribution >= 0.6 is 0 Å². The van der Waals surface area contributed by atoms with Gasteiger partial charge in [-0.25, -0.2) is 4.79 Å². The van der Waals surface area contributed by atoms with Crippen LogP contribution in [-0.2, 0) is 17.9 Å². The predicted molar refractivity (Wildman–Crippen MR) is 101 cm³/mol. The number of nitrogens with zero attached hydrogens (tertiary/aromatic N) is 3. The maximum Gasteiger partial charge on any atom is 0.329 e. The SMILES string of the molecule is CCCn1c(=O)n(CC(=O)N(C2CC2)[C@@H](C)C(C)C)c2ccccc21. The van der Waals surface area contributed by atoms with Gasteiger partial charge in [-0.2, -0.15) is 0 Å². The lowest BCUT2D eigenvalue weighted by atomic mass is 10.0. The van der Waals surface area contributed by atoms with Gasteiger partial charge >= 0.3 is 5.69 Å². The molecule has 0 radical (unpaired) electrons. The van der Waals surface area contributed by atoms with Crippen LogP contribution in [0.5, 0.6) is 0 Å². The van der Waals surface area contributed by atoms with Gasteiger partial charge in [0.15, 0.2) is 0 Å². The first kappa shape index (κ1) is 17.8. The number of hydrogen-bond donors (Lipinski definition) is 0. The third kappa shape index (κ3) is 3.37. The summed E-state index contributed by atoms with van der Waals surface area (Å²) in [5.41, 5.74) is 1.68. The van der Waals surface area contributed by atoms with E-state index < -0.39 is 0 Å². The van der Waals surface area contributed by atoms with Crippen molar-refractivity contribution in [1.82, 2.24) is 14.0 Å². The molecule has 25 heavy (non-hydrogen) atoms. The third-order valence-electron chi connectivity index (χ3n) is 5.30. The summed E-state index contributed by atoms with van der Waals surface area (Å²) in [6, 6.07) is 8.31. The molecule has 3 rings (SSSR count). The van der Waals surface area contributed by atoms with E-state index in [-0.39, 0.29) is 24.2 Å². The molecule has 0 bridgehead atoms. The van der Waals surface area contributed by atoms with Gasteiger partial charge in [0.2, 0.25) is 5.91 Å². The lowest BCUT2D eigenvalue weighted by molar-refractivity contribution is -0.135. The fourth-order valence-electron chi connectivity index (χ4n) is 3.52. The van der Waals surface area contributed by atoms with Crippen molar-refractivity contribution in [2.45, 2.75) is 72.1 Å². The highest BCUT2D eigenvalue weighted by Gasteiger charge is 2.36. The molecule has 1 heterocycles. The molecule has 136 valence electrons. The second kappa shape index (κ2) is 7.06. The lowest BCUT2D eigenvalue weighted by Crippen LogP contribution is -2.45. The van der Waals surface area contributed by atoms with Crippen molar-refractivity contribution < 1.29 is 4.79 Å². The van der Waals surface area contributed by atoms with Crippen LogP contribution in [0.25, 0.3) is 11.0 Å². The molecular formula is C20H29N3O2. The van der Waals surface area contributed by atoms with Gasteiger partial charge in [0.1, 0.15) is 6.54 Å². The summed E-state index contributed by atoms with van der Waals surface area (Å²) in [5.74, 6) is 0.466. The Hall–Kier alpha value is -2.04. The van der Waals surface area contributed by atoms with E-state index >= 15 is 0 Å². The average molecular weight is 343 g/mol. The Kier molecular flexibility index (Phi) is 5.02. The van der Waals surface area contributed by atoms with E-state index in [2.05, 4.69) is 27.7 Å². The highest BCUT2D eigenvalue weighted by molar-refractivity contribution is 5.81. The lowest BCUT2D eigenvalue weighted by Gasteiger charge is -2.32. The Morgan fingerprint density at radius 1 is 1.16 bits per heavy atom. The number of hydrogen-bond acceptors (Lipinski definition) is 2. The van der Waals surface area contributed by atoms with Crippen molar-refractivity contribution in [2.24, 2.45) is 5.92 Å². The largest absolute Gasteiger partial charge is 0.335 e. The second-order valence-corrected chi connectivity index (χ2v) is 7.53. The molecule has 1 aromatic carbocycles. The third-order valence-corrected chi connectivity index (χ3v) is 5.30. The van der Waals surface area contributed by atoms with Crippen LogP contribution in [0.4, 0.5) is 0 Å². The molecule has 2 aromatic rings. The highest BCUT2D eigenvalue weighted by atomic mass is 16.2. The summed E-state index contributed by atoms with van der Waals surface area (Å²) in [6.07, 6.45) is 3.05. The van der Waals surface area contributed by atoms with Gasteiger partial charge in [0.05, 0.1) is 11.0 Å². The number of carbonyl (C=O) groups is 1. The van der Waals surface area contributed by atoms with Crippen molar-refractivity contribution in [1.29, 1.82) is 0 Å². The zero-order valence-electron chi connectivity index (χ0n) is 15.7. The Morgan fingerprint density at radius 2 is 1.76 bits per heavy atom. The van der Waals surface area contributed by atoms with Crippen LogP contribution in [0.3, 0.4) is 0 Å². The molecular weight excluding hydrogens is 314 g/mol. The van der Waals surface area contributed by atoms with Crippen LogP contribution in [0.15, 0.2) is 29.1 Å². The summed E-state index contributed by atoms with van der Waals surface area (Å²) in [4.78, 5) is 28.0. The standard InChI is InChI=1S/C20H29N3O2/c1-5-12-21-17-8-6-7-9-18(17)22(20(21)25)13-19(24)23(16-10-11-16)15(4)14(2)3/h6-9,14-16H,5,10-13H2,1-4H3/t15-/m0/s1. The minimum atomic E-state index is -0.0793. The summed E-state index contributed by atoms with van der Waals surface area (Å²) in [6.45, 7) is 9.27. The van der Waals surface area contributed by atoms with Gasteiger partial charge in [-0.3, -0.25) is 13.9 Å². The predicted octanol–water partition coefficient (Wildman–Crippen LogP) is 3.25. The quantitative estimate of drug-likeness (QED) is 0.775. The Bertz CT molecular complexity index is 814. The van der Waals surface area contributed by atoms with E-state index in [1.807, 2.05) is 29.2 Å². The molecule has 1 atom stereocenters. The molecule has 0 N–H and O–H groups in total. The highest BCUT2D eigenvalue weighted by Crippen LogP contribution is 2.31. The summed E-state index contributed by atoms with van der Waals surface area (Å²) >= 11 is 0. The smallest absolute Gasteiger partial charge is 0.329 e. The molecule has 1 aliphatic rings. The van der Waals surface area contributed by atoms with Crippen LogP contribution in [0.1, 0.15) is 47.0 Å². The first-order chi connectivity index (χ1) is 12.0. The molecule has 1 aliphatic carbocycles. The zero-order chi connectivity index (χ0) is 18.1. The fraction of sp³-hybridized carbons (Fsp3) is 0.600. The van der Waals surface area contributed by atoms with Gasteiger partial charge in [0.25, 0.3) is 0 Å². The summed E-state index contributed by atoms with van der Waals surface area (Å²) < 4.78 is 3.44. The molecule has 1 saturated carbocycles. The van der Waals surface area contributed by atoms with Crippen LogP contribution in [-0.4, -0.2) is 32.0 Å². The van der Waals surface area contributed by atoms with Crippen molar-refractivity contribution in [3.05, 3.63) is 34.7 Å². The molecule has 0 saturated heterocycles. The van der Waals surface area contributed by atoms with Crippen molar-refractivity contribution in [2.75, 3.05) is 0 Å². The number of para-hydroxylation sites is 2. The van der Waals surface area contributed by atoms with E-state index in [0.717, 1.165) is 30.3 Å². The van der Waals surface area contributed by atoms with E-state index in [1.165, 1.54) is 0 Å². The van der Waals surface area contributed by atoms with Gasteiger partial charge in [-0.1, -0.05) is 32.9 Å². The second-order valence-electron chi connectivity index (χ2n) is 7.53. The van der Waals surface area contributed by atoms with Crippen molar-refractivity contribution >= 4 is 16.9 Å². The van der Waals surface area contributed by atoms with Crippen LogP contribution in [0, 0.1) is 5.92 Å². The van der Waals surface area contributed by atoms with Gasteiger partial charge in [-0.05, 0) is 44.2 Å². The molecule has 1 amide bonds. The number of carbonyl (C=O) groups excluding carboxylic acids is 1. The van der Waals surface area contributed by atoms with Crippen LogP contribution in [0.2, 0.25) is 0 Å². The van der Waals surface area contributed by atoms with E-state index in [4.69, 9.17) is 0 Å². The molecule has 1 fully saturated rings.